The molecule has 0 aliphatic carbocycles. The summed E-state index contributed by atoms with van der Waals surface area (Å²) < 4.78 is 10.8. The molecule has 2 aromatic carbocycles. The van der Waals surface area contributed by atoms with Crippen molar-refractivity contribution in [3.63, 3.8) is 0 Å². The third kappa shape index (κ3) is 10.6. The molecule has 7 nitrogen and oxygen atoms in total. The molecule has 2 aromatic rings. The van der Waals surface area contributed by atoms with Crippen LogP contribution in [0.4, 0.5) is 15.3 Å². The summed E-state index contributed by atoms with van der Waals surface area (Å²) in [4.78, 5) is 39.1. The van der Waals surface area contributed by atoms with Crippen molar-refractivity contribution in [1.29, 1.82) is 0 Å². The largest absolute Gasteiger partial charge is 0.444 e. The number of ether oxygens (including phenoxy) is 2. The van der Waals surface area contributed by atoms with Crippen molar-refractivity contribution in [2.45, 2.75) is 72.0 Å². The summed E-state index contributed by atoms with van der Waals surface area (Å²) in [5.41, 5.74) is 1.00. The minimum Gasteiger partial charge on any atom is -0.444 e. The predicted molar refractivity (Wildman–Crippen MR) is 138 cm³/mol. The van der Waals surface area contributed by atoms with Crippen LogP contribution in [0.3, 0.4) is 0 Å². The highest BCUT2D eigenvalue weighted by atomic mass is 16.6. The molecule has 0 saturated carbocycles. The highest BCUT2D eigenvalue weighted by molar-refractivity contribution is 5.98. The quantitative estimate of drug-likeness (QED) is 0.433. The van der Waals surface area contributed by atoms with E-state index in [0.717, 1.165) is 12.8 Å². The van der Waals surface area contributed by atoms with Gasteiger partial charge >= 0.3 is 12.2 Å². The second-order valence-corrected chi connectivity index (χ2v) is 10.4. The number of ketones is 1. The fourth-order valence-electron chi connectivity index (χ4n) is 3.31. The Morgan fingerprint density at radius 1 is 0.857 bits per heavy atom. The van der Waals surface area contributed by atoms with Gasteiger partial charge < -0.3 is 14.8 Å². The van der Waals surface area contributed by atoms with Crippen LogP contribution in [0.5, 0.6) is 0 Å². The van der Waals surface area contributed by atoms with Crippen molar-refractivity contribution in [3.8, 4) is 0 Å². The van der Waals surface area contributed by atoms with E-state index in [0.29, 0.717) is 17.8 Å². The van der Waals surface area contributed by atoms with Crippen LogP contribution >= 0.6 is 0 Å². The number of alkyl carbamates (subject to hydrolysis) is 1. The van der Waals surface area contributed by atoms with Crippen LogP contribution in [0, 0.1) is 0 Å². The van der Waals surface area contributed by atoms with Gasteiger partial charge in [0.25, 0.3) is 0 Å². The summed E-state index contributed by atoms with van der Waals surface area (Å²) in [5, 5.41) is 2.60. The van der Waals surface area contributed by atoms with Crippen molar-refractivity contribution >= 4 is 23.7 Å². The maximum absolute atomic E-state index is 13.0. The number of Topliss-reactive ketones (excluding diaryl/α,β-unsaturated/α-hetero) is 1. The Labute approximate surface area is 208 Å². The van der Waals surface area contributed by atoms with Crippen LogP contribution in [0.15, 0.2) is 54.6 Å². The highest BCUT2D eigenvalue weighted by Crippen LogP contribution is 2.21. The Hall–Kier alpha value is -3.35. The van der Waals surface area contributed by atoms with Crippen LogP contribution in [0.1, 0.15) is 70.3 Å². The van der Waals surface area contributed by atoms with E-state index in [-0.39, 0.29) is 18.7 Å². The lowest BCUT2D eigenvalue weighted by atomic mass is 10.1. The molecule has 0 aliphatic rings. The van der Waals surface area contributed by atoms with Gasteiger partial charge in [-0.1, -0.05) is 42.5 Å². The number of hydrogen-bond acceptors (Lipinski definition) is 5. The zero-order valence-electron chi connectivity index (χ0n) is 21.7. The number of hydrogen-bond donors (Lipinski definition) is 1. The Balaban J connectivity index is 2.08. The normalized spacial score (nSPS) is 11.5. The second kappa shape index (κ2) is 12.4. The van der Waals surface area contributed by atoms with Gasteiger partial charge in [-0.25, -0.2) is 9.59 Å². The number of nitrogens with zero attached hydrogens (tertiary/aromatic N) is 1. The maximum atomic E-state index is 13.0. The van der Waals surface area contributed by atoms with Gasteiger partial charge in [0.1, 0.15) is 11.2 Å². The van der Waals surface area contributed by atoms with Gasteiger partial charge in [0.2, 0.25) is 0 Å². The standard InChI is InChI=1S/C28H38N2O5/c1-27(2,3)34-25(32)29-18-17-24(31)22-15-10-16-23(20-22)30(26(33)35-28(4,5)6)19-11-14-21-12-8-7-9-13-21/h7-10,12-13,15-16,20H,11,14,17-19H2,1-6H3,(H,29,32). The lowest BCUT2D eigenvalue weighted by Crippen LogP contribution is -2.37. The van der Waals surface area contributed by atoms with E-state index in [4.69, 9.17) is 9.47 Å². The van der Waals surface area contributed by atoms with Crippen molar-refractivity contribution < 1.29 is 23.9 Å². The van der Waals surface area contributed by atoms with Crippen LogP contribution in [0.25, 0.3) is 0 Å². The molecule has 2 amide bonds. The Morgan fingerprint density at radius 3 is 2.14 bits per heavy atom. The lowest BCUT2D eigenvalue weighted by Gasteiger charge is -2.28. The smallest absolute Gasteiger partial charge is 0.414 e. The van der Waals surface area contributed by atoms with Crippen molar-refractivity contribution in [3.05, 3.63) is 65.7 Å². The molecule has 35 heavy (non-hydrogen) atoms. The number of rotatable bonds is 9. The van der Waals surface area contributed by atoms with Crippen LogP contribution < -0.4 is 10.2 Å². The molecular formula is C28H38N2O5. The Kier molecular flexibility index (Phi) is 9.87. The van der Waals surface area contributed by atoms with E-state index >= 15 is 0 Å². The first-order chi connectivity index (χ1) is 16.3. The van der Waals surface area contributed by atoms with Crippen LogP contribution in [0.2, 0.25) is 0 Å². The first-order valence-corrected chi connectivity index (χ1v) is 12.0. The van der Waals surface area contributed by atoms with Gasteiger partial charge in [-0.15, -0.1) is 0 Å². The first-order valence-electron chi connectivity index (χ1n) is 12.0. The minimum atomic E-state index is -0.643. The number of carbonyl (C=O) groups excluding carboxylic acids is 3. The Morgan fingerprint density at radius 2 is 1.51 bits per heavy atom. The molecule has 7 heteroatoms. The zero-order chi connectivity index (χ0) is 26.1. The molecule has 0 radical (unpaired) electrons. The SMILES string of the molecule is CC(C)(C)OC(=O)NCCC(=O)c1cccc(N(CCCc2ccccc2)C(=O)OC(C)(C)C)c1. The molecule has 1 N–H and O–H groups in total. The van der Waals surface area contributed by atoms with E-state index < -0.39 is 23.4 Å². The van der Waals surface area contributed by atoms with E-state index in [1.54, 1.807) is 49.9 Å². The average Bonchev–Trinajstić information content (AvgIpc) is 2.75. The average molecular weight is 483 g/mol. The summed E-state index contributed by atoms with van der Waals surface area (Å²) >= 11 is 0. The summed E-state index contributed by atoms with van der Waals surface area (Å²) in [7, 11) is 0. The summed E-state index contributed by atoms with van der Waals surface area (Å²) in [6, 6.07) is 17.0. The van der Waals surface area contributed by atoms with Gasteiger partial charge in [-0.2, -0.15) is 0 Å². The molecule has 0 fully saturated rings. The molecule has 0 spiro atoms. The number of nitrogens with one attached hydrogen (secondary N) is 1. The summed E-state index contributed by atoms with van der Waals surface area (Å²) in [6.45, 7) is 11.4. The van der Waals surface area contributed by atoms with E-state index in [9.17, 15) is 14.4 Å². The zero-order valence-corrected chi connectivity index (χ0v) is 21.7. The van der Waals surface area contributed by atoms with E-state index in [2.05, 4.69) is 17.4 Å². The summed E-state index contributed by atoms with van der Waals surface area (Å²) in [6.07, 6.45) is 0.648. The minimum absolute atomic E-state index is 0.114. The van der Waals surface area contributed by atoms with E-state index in [1.165, 1.54) is 5.56 Å². The topological polar surface area (TPSA) is 84.9 Å². The molecule has 0 saturated heterocycles. The van der Waals surface area contributed by atoms with Gasteiger partial charge in [0.05, 0.1) is 0 Å². The van der Waals surface area contributed by atoms with Gasteiger partial charge in [-0.05, 0) is 72.1 Å². The predicted octanol–water partition coefficient (Wildman–Crippen LogP) is 6.16. The molecule has 0 atom stereocenters. The molecular weight excluding hydrogens is 444 g/mol. The van der Waals surface area contributed by atoms with Crippen LogP contribution in [-0.4, -0.2) is 42.3 Å². The Bertz CT molecular complexity index is 990. The third-order valence-corrected chi connectivity index (χ3v) is 4.80. The fraction of sp³-hybridized carbons (Fsp3) is 0.464. The number of carbonyl (C=O) groups is 3. The number of amides is 2. The third-order valence-electron chi connectivity index (χ3n) is 4.80. The van der Waals surface area contributed by atoms with Crippen LogP contribution in [-0.2, 0) is 15.9 Å². The number of benzene rings is 2. The van der Waals surface area contributed by atoms with Crippen molar-refractivity contribution in [2.75, 3.05) is 18.0 Å². The van der Waals surface area contributed by atoms with Crippen molar-refractivity contribution in [1.82, 2.24) is 5.32 Å². The monoisotopic (exact) mass is 482 g/mol. The molecule has 0 unspecified atom stereocenters. The van der Waals surface area contributed by atoms with E-state index in [1.807, 2.05) is 39.0 Å². The molecule has 190 valence electrons. The molecule has 0 aromatic heterocycles. The van der Waals surface area contributed by atoms with Gasteiger partial charge in [-0.3, -0.25) is 9.69 Å². The summed E-state index contributed by atoms with van der Waals surface area (Å²) in [5.74, 6) is -0.142. The van der Waals surface area contributed by atoms with Gasteiger partial charge in [0.15, 0.2) is 5.78 Å². The second-order valence-electron chi connectivity index (χ2n) is 10.4. The maximum Gasteiger partial charge on any atom is 0.414 e. The number of aryl methyl sites for hydroxylation is 1. The molecule has 2 rings (SSSR count). The highest BCUT2D eigenvalue weighted by Gasteiger charge is 2.24. The first kappa shape index (κ1) is 27.9. The van der Waals surface area contributed by atoms with Gasteiger partial charge in [0, 0.05) is 30.8 Å². The molecule has 0 heterocycles. The molecule has 0 aliphatic heterocycles. The number of anilines is 1. The van der Waals surface area contributed by atoms with Crippen molar-refractivity contribution in [2.24, 2.45) is 0 Å². The molecule has 0 bridgehead atoms. The fourth-order valence-corrected chi connectivity index (χ4v) is 3.31. The lowest BCUT2D eigenvalue weighted by molar-refractivity contribution is 0.0525.